The predicted octanol–water partition coefficient (Wildman–Crippen LogP) is 2.19. The summed E-state index contributed by atoms with van der Waals surface area (Å²) in [5.74, 6) is 0.584. The van der Waals surface area contributed by atoms with Crippen LogP contribution in [0.3, 0.4) is 0 Å². The SMILES string of the molecule is Cc1noc(C)c1C1=CC=C2NC(=O)C(NCCO)(c3ccccc3)C2C1. The molecule has 27 heavy (non-hydrogen) atoms. The third kappa shape index (κ3) is 2.72. The zero-order valence-corrected chi connectivity index (χ0v) is 15.5. The van der Waals surface area contributed by atoms with Gasteiger partial charge in [-0.2, -0.15) is 0 Å². The number of aromatic nitrogens is 1. The standard InChI is InChI=1S/C21H23N3O3/c1-13-19(14(2)27-24-13)15-8-9-18-17(12-15)21(20(26)23-18,22-10-11-25)16-6-4-3-5-7-16/h3-9,17,22,25H,10-12H2,1-2H3,(H,23,26). The van der Waals surface area contributed by atoms with Gasteiger partial charge in [0.05, 0.1) is 12.3 Å². The van der Waals surface area contributed by atoms with Gasteiger partial charge in [-0.15, -0.1) is 0 Å². The highest BCUT2D eigenvalue weighted by Gasteiger charge is 2.54. The lowest BCUT2D eigenvalue weighted by Gasteiger charge is -2.35. The largest absolute Gasteiger partial charge is 0.395 e. The summed E-state index contributed by atoms with van der Waals surface area (Å²) in [6, 6.07) is 9.71. The number of carbonyl (C=O) groups excluding carboxylic acids is 1. The molecule has 2 heterocycles. The van der Waals surface area contributed by atoms with E-state index in [9.17, 15) is 9.90 Å². The van der Waals surface area contributed by atoms with Crippen molar-refractivity contribution in [3.8, 4) is 0 Å². The van der Waals surface area contributed by atoms with Crippen LogP contribution in [0.1, 0.15) is 29.0 Å². The quantitative estimate of drug-likeness (QED) is 0.756. The number of aryl methyl sites for hydroxylation is 2. The Hall–Kier alpha value is -2.70. The number of allylic oxidation sites excluding steroid dienone is 3. The molecule has 1 fully saturated rings. The number of hydrogen-bond acceptors (Lipinski definition) is 5. The van der Waals surface area contributed by atoms with E-state index in [1.807, 2.05) is 56.3 Å². The Balaban J connectivity index is 1.79. The lowest BCUT2D eigenvalue weighted by atomic mass is 9.73. The molecule has 2 atom stereocenters. The number of benzene rings is 1. The van der Waals surface area contributed by atoms with Gasteiger partial charge in [0, 0.05) is 23.7 Å². The van der Waals surface area contributed by atoms with Crippen molar-refractivity contribution in [2.45, 2.75) is 25.8 Å². The molecule has 1 aliphatic carbocycles. The summed E-state index contributed by atoms with van der Waals surface area (Å²) in [6.45, 7) is 4.12. The molecule has 0 spiro atoms. The maximum atomic E-state index is 13.1. The molecule has 2 aliphatic rings. The first-order valence-corrected chi connectivity index (χ1v) is 9.14. The maximum Gasteiger partial charge on any atom is 0.249 e. The van der Waals surface area contributed by atoms with Crippen molar-refractivity contribution in [3.63, 3.8) is 0 Å². The van der Waals surface area contributed by atoms with Gasteiger partial charge in [-0.05, 0) is 37.5 Å². The van der Waals surface area contributed by atoms with Gasteiger partial charge in [0.25, 0.3) is 0 Å². The second-order valence-electron chi connectivity index (χ2n) is 7.05. The van der Waals surface area contributed by atoms with E-state index in [1.54, 1.807) is 0 Å². The smallest absolute Gasteiger partial charge is 0.249 e. The fourth-order valence-corrected chi connectivity index (χ4v) is 4.33. The van der Waals surface area contributed by atoms with Crippen LogP contribution in [0, 0.1) is 19.8 Å². The molecule has 1 aromatic carbocycles. The monoisotopic (exact) mass is 365 g/mol. The number of hydrogen-bond donors (Lipinski definition) is 3. The second-order valence-corrected chi connectivity index (χ2v) is 7.05. The Labute approximate surface area is 157 Å². The van der Waals surface area contributed by atoms with Crippen LogP contribution in [0.5, 0.6) is 0 Å². The van der Waals surface area contributed by atoms with Crippen molar-refractivity contribution in [1.29, 1.82) is 0 Å². The van der Waals surface area contributed by atoms with Crippen molar-refractivity contribution >= 4 is 11.5 Å². The van der Waals surface area contributed by atoms with Gasteiger partial charge in [0.15, 0.2) is 0 Å². The van der Waals surface area contributed by atoms with E-state index < -0.39 is 5.54 Å². The van der Waals surface area contributed by atoms with Crippen LogP contribution in [0.2, 0.25) is 0 Å². The number of aliphatic hydroxyl groups is 1. The Morgan fingerprint density at radius 1 is 1.30 bits per heavy atom. The van der Waals surface area contributed by atoms with Crippen molar-refractivity contribution in [1.82, 2.24) is 15.8 Å². The molecule has 140 valence electrons. The molecule has 1 aromatic heterocycles. The van der Waals surface area contributed by atoms with Gasteiger partial charge >= 0.3 is 0 Å². The van der Waals surface area contributed by atoms with Crippen molar-refractivity contribution in [2.24, 2.45) is 5.92 Å². The van der Waals surface area contributed by atoms with E-state index in [0.29, 0.717) is 13.0 Å². The molecule has 1 amide bonds. The van der Waals surface area contributed by atoms with E-state index in [2.05, 4.69) is 15.8 Å². The van der Waals surface area contributed by atoms with Crippen LogP contribution >= 0.6 is 0 Å². The maximum absolute atomic E-state index is 13.1. The summed E-state index contributed by atoms with van der Waals surface area (Å²) in [7, 11) is 0. The fraction of sp³-hybridized carbons (Fsp3) is 0.333. The van der Waals surface area contributed by atoms with E-state index in [1.165, 1.54) is 0 Å². The molecule has 2 unspecified atom stereocenters. The van der Waals surface area contributed by atoms with Crippen molar-refractivity contribution in [3.05, 3.63) is 70.8 Å². The molecule has 3 N–H and O–H groups in total. The molecule has 1 aliphatic heterocycles. The molecule has 6 heteroatoms. The van der Waals surface area contributed by atoms with E-state index in [0.717, 1.165) is 33.9 Å². The fourth-order valence-electron chi connectivity index (χ4n) is 4.33. The first-order valence-electron chi connectivity index (χ1n) is 9.14. The average Bonchev–Trinajstić information content (AvgIpc) is 3.16. The highest BCUT2D eigenvalue weighted by atomic mass is 16.5. The molecule has 0 bridgehead atoms. The van der Waals surface area contributed by atoms with Crippen LogP contribution in [0.15, 0.2) is 52.7 Å². The van der Waals surface area contributed by atoms with Gasteiger partial charge in [0.2, 0.25) is 5.91 Å². The number of carbonyl (C=O) groups is 1. The van der Waals surface area contributed by atoms with Gasteiger partial charge in [-0.3, -0.25) is 10.1 Å². The summed E-state index contributed by atoms with van der Waals surface area (Å²) < 4.78 is 5.34. The van der Waals surface area contributed by atoms with Gasteiger partial charge in [-0.25, -0.2) is 0 Å². The number of aliphatic hydroxyl groups excluding tert-OH is 1. The molecular weight excluding hydrogens is 342 g/mol. The summed E-state index contributed by atoms with van der Waals surface area (Å²) in [5.41, 5.74) is 3.82. The van der Waals surface area contributed by atoms with E-state index in [4.69, 9.17) is 4.52 Å². The summed E-state index contributed by atoms with van der Waals surface area (Å²) in [6.07, 6.45) is 4.67. The molecular formula is C21H23N3O3. The summed E-state index contributed by atoms with van der Waals surface area (Å²) in [4.78, 5) is 13.1. The number of fused-ring (bicyclic) bond motifs is 1. The van der Waals surface area contributed by atoms with Crippen molar-refractivity contribution in [2.75, 3.05) is 13.2 Å². The van der Waals surface area contributed by atoms with Crippen LogP contribution in [-0.2, 0) is 10.3 Å². The minimum absolute atomic E-state index is 0.0415. The van der Waals surface area contributed by atoms with Crippen LogP contribution < -0.4 is 10.6 Å². The third-order valence-corrected chi connectivity index (χ3v) is 5.50. The Morgan fingerprint density at radius 3 is 2.74 bits per heavy atom. The zero-order valence-electron chi connectivity index (χ0n) is 15.5. The number of amides is 1. The molecule has 6 nitrogen and oxygen atoms in total. The topological polar surface area (TPSA) is 87.4 Å². The Bertz CT molecular complexity index is 910. The summed E-state index contributed by atoms with van der Waals surface area (Å²) >= 11 is 0. The lowest BCUT2D eigenvalue weighted by molar-refractivity contribution is -0.126. The molecule has 2 aromatic rings. The minimum Gasteiger partial charge on any atom is -0.395 e. The first-order chi connectivity index (χ1) is 13.1. The molecule has 1 saturated heterocycles. The van der Waals surface area contributed by atoms with Gasteiger partial charge in [0.1, 0.15) is 11.3 Å². The van der Waals surface area contributed by atoms with Crippen LogP contribution in [0.4, 0.5) is 0 Å². The van der Waals surface area contributed by atoms with Gasteiger partial charge < -0.3 is 14.9 Å². The van der Waals surface area contributed by atoms with Crippen LogP contribution in [-0.4, -0.2) is 29.3 Å². The van der Waals surface area contributed by atoms with E-state index in [-0.39, 0.29) is 18.4 Å². The predicted molar refractivity (Wildman–Crippen MR) is 101 cm³/mol. The first kappa shape index (κ1) is 17.7. The van der Waals surface area contributed by atoms with E-state index >= 15 is 0 Å². The summed E-state index contributed by atoms with van der Waals surface area (Å²) in [5, 5.41) is 19.9. The normalized spacial score (nSPS) is 24.3. The number of nitrogens with zero attached hydrogens (tertiary/aromatic N) is 1. The number of nitrogens with one attached hydrogen (secondary N) is 2. The molecule has 0 saturated carbocycles. The van der Waals surface area contributed by atoms with Crippen molar-refractivity contribution < 1.29 is 14.4 Å². The highest BCUT2D eigenvalue weighted by Crippen LogP contribution is 2.46. The van der Waals surface area contributed by atoms with Crippen LogP contribution in [0.25, 0.3) is 5.57 Å². The minimum atomic E-state index is -0.922. The molecule has 0 radical (unpaired) electrons. The third-order valence-electron chi connectivity index (χ3n) is 5.50. The lowest BCUT2D eigenvalue weighted by Crippen LogP contribution is -2.53. The second kappa shape index (κ2) is 6.79. The average molecular weight is 365 g/mol. The zero-order chi connectivity index (χ0) is 19.0. The van der Waals surface area contributed by atoms with Gasteiger partial charge in [-0.1, -0.05) is 41.6 Å². The molecule has 4 rings (SSSR count). The highest BCUT2D eigenvalue weighted by molar-refractivity contribution is 5.94. The number of rotatable bonds is 5. The Kier molecular flexibility index (Phi) is 4.45. The Morgan fingerprint density at radius 2 is 2.07 bits per heavy atom.